The molecule has 23 heavy (non-hydrogen) atoms. The molecule has 2 rings (SSSR count). The van der Waals surface area contributed by atoms with Crippen LogP contribution in [0.2, 0.25) is 5.02 Å². The van der Waals surface area contributed by atoms with Crippen molar-refractivity contribution in [3.8, 4) is 0 Å². The van der Waals surface area contributed by atoms with E-state index in [0.717, 1.165) is 6.26 Å². The molecule has 2 aromatic rings. The lowest BCUT2D eigenvalue weighted by molar-refractivity contribution is 0.102. The third-order valence-electron chi connectivity index (χ3n) is 2.92. The highest BCUT2D eigenvalue weighted by Crippen LogP contribution is 2.24. The van der Waals surface area contributed by atoms with E-state index in [2.05, 4.69) is 15.1 Å². The van der Waals surface area contributed by atoms with Gasteiger partial charge in [0.2, 0.25) is 10.0 Å². The van der Waals surface area contributed by atoms with Gasteiger partial charge < -0.3 is 5.32 Å². The average molecular weight is 357 g/mol. The van der Waals surface area contributed by atoms with Crippen LogP contribution in [0.1, 0.15) is 30.2 Å². The van der Waals surface area contributed by atoms with Crippen LogP contribution in [-0.4, -0.2) is 30.4 Å². The summed E-state index contributed by atoms with van der Waals surface area (Å²) in [6.45, 7) is 3.89. The number of hydrogen-bond donors (Lipinski definition) is 2. The molecule has 0 aliphatic rings. The zero-order chi connectivity index (χ0) is 17.2. The minimum atomic E-state index is -3.49. The molecule has 124 valence electrons. The number of aromatic nitrogens is 2. The highest BCUT2D eigenvalue weighted by atomic mass is 35.5. The maximum atomic E-state index is 12.3. The third kappa shape index (κ3) is 4.46. The average Bonchev–Trinajstić information content (AvgIpc) is 2.88. The van der Waals surface area contributed by atoms with Crippen LogP contribution in [-0.2, 0) is 10.0 Å². The second kappa shape index (κ2) is 6.59. The number of nitrogens with zero attached hydrogens (tertiary/aromatic N) is 2. The van der Waals surface area contributed by atoms with Gasteiger partial charge in [0.1, 0.15) is 5.82 Å². The maximum Gasteiger partial charge on any atom is 0.256 e. The van der Waals surface area contributed by atoms with Crippen molar-refractivity contribution in [2.45, 2.75) is 19.9 Å². The fourth-order valence-corrected chi connectivity index (χ4v) is 2.75. The third-order valence-corrected chi connectivity index (χ3v) is 3.85. The summed E-state index contributed by atoms with van der Waals surface area (Å²) in [5.74, 6) is 0.165. The first-order valence-electron chi connectivity index (χ1n) is 6.79. The lowest BCUT2D eigenvalue weighted by Crippen LogP contribution is -2.17. The standard InChI is InChI=1S/C14H17ClN4O3S/c1-9(2)19-13(6-7-16-19)17-14(20)10-4-5-11(15)12(8-10)18-23(3,21)22/h4-9,18H,1-3H3,(H,17,20). The van der Waals surface area contributed by atoms with Gasteiger partial charge in [-0.3, -0.25) is 9.52 Å². The Labute approximate surface area is 139 Å². The van der Waals surface area contributed by atoms with Gasteiger partial charge in [0.25, 0.3) is 5.91 Å². The predicted molar refractivity (Wildman–Crippen MR) is 90.5 cm³/mol. The van der Waals surface area contributed by atoms with Crippen molar-refractivity contribution >= 4 is 39.0 Å². The second-order valence-corrected chi connectivity index (χ2v) is 7.43. The van der Waals surface area contributed by atoms with E-state index in [1.807, 2.05) is 13.8 Å². The number of rotatable bonds is 5. The Hall–Kier alpha value is -2.06. The highest BCUT2D eigenvalue weighted by molar-refractivity contribution is 7.92. The quantitative estimate of drug-likeness (QED) is 0.861. The minimum absolute atomic E-state index is 0.0907. The van der Waals surface area contributed by atoms with Crippen LogP contribution in [0.15, 0.2) is 30.5 Å². The monoisotopic (exact) mass is 356 g/mol. The lowest BCUT2D eigenvalue weighted by atomic mass is 10.2. The first-order valence-corrected chi connectivity index (χ1v) is 9.06. The van der Waals surface area contributed by atoms with Crippen LogP contribution in [0.4, 0.5) is 11.5 Å². The van der Waals surface area contributed by atoms with Crippen molar-refractivity contribution < 1.29 is 13.2 Å². The number of amides is 1. The summed E-state index contributed by atoms with van der Waals surface area (Å²) in [6.07, 6.45) is 2.60. The largest absolute Gasteiger partial charge is 0.307 e. The van der Waals surface area contributed by atoms with Gasteiger partial charge in [-0.15, -0.1) is 0 Å². The van der Waals surface area contributed by atoms with Crippen LogP contribution in [0.5, 0.6) is 0 Å². The Kier molecular flexibility index (Phi) is 4.96. The number of carbonyl (C=O) groups excluding carboxylic acids is 1. The van der Waals surface area contributed by atoms with Gasteiger partial charge in [-0.05, 0) is 32.0 Å². The molecule has 0 unspecified atom stereocenters. The fraction of sp³-hybridized carbons (Fsp3) is 0.286. The van der Waals surface area contributed by atoms with Crippen molar-refractivity contribution in [3.63, 3.8) is 0 Å². The van der Waals surface area contributed by atoms with Crippen LogP contribution in [0.25, 0.3) is 0 Å². The molecule has 0 radical (unpaired) electrons. The van der Waals surface area contributed by atoms with Gasteiger partial charge in [0.05, 0.1) is 23.2 Å². The molecule has 0 atom stereocenters. The van der Waals surface area contributed by atoms with Crippen LogP contribution in [0, 0.1) is 0 Å². The summed E-state index contributed by atoms with van der Waals surface area (Å²) in [7, 11) is -3.49. The molecule has 1 aromatic heterocycles. The zero-order valence-corrected chi connectivity index (χ0v) is 14.4. The number of nitrogens with one attached hydrogen (secondary N) is 2. The molecule has 0 aliphatic carbocycles. The SMILES string of the molecule is CC(C)n1nccc1NC(=O)c1ccc(Cl)c(NS(C)(=O)=O)c1. The summed E-state index contributed by atoms with van der Waals surface area (Å²) >= 11 is 5.94. The highest BCUT2D eigenvalue weighted by Gasteiger charge is 2.14. The molecule has 0 saturated carbocycles. The van der Waals surface area contributed by atoms with Gasteiger partial charge >= 0.3 is 0 Å². The number of hydrogen-bond acceptors (Lipinski definition) is 4. The van der Waals surface area contributed by atoms with Gasteiger partial charge in [-0.25, -0.2) is 13.1 Å². The topological polar surface area (TPSA) is 93.1 Å². The fourth-order valence-electron chi connectivity index (χ4n) is 1.96. The van der Waals surface area contributed by atoms with E-state index in [9.17, 15) is 13.2 Å². The van der Waals surface area contributed by atoms with E-state index in [1.54, 1.807) is 16.9 Å². The van der Waals surface area contributed by atoms with E-state index in [0.29, 0.717) is 5.82 Å². The van der Waals surface area contributed by atoms with Gasteiger partial charge in [-0.1, -0.05) is 11.6 Å². The molecule has 0 aliphatic heterocycles. The first-order chi connectivity index (χ1) is 10.7. The summed E-state index contributed by atoms with van der Waals surface area (Å²) < 4.78 is 26.6. The van der Waals surface area contributed by atoms with Gasteiger partial charge in [0, 0.05) is 17.7 Å². The summed E-state index contributed by atoms with van der Waals surface area (Å²) in [6, 6.07) is 6.14. The Balaban J connectivity index is 2.26. The van der Waals surface area contributed by atoms with Crippen LogP contribution in [0.3, 0.4) is 0 Å². The zero-order valence-electron chi connectivity index (χ0n) is 12.9. The van der Waals surface area contributed by atoms with E-state index < -0.39 is 10.0 Å². The molecule has 7 nitrogen and oxygen atoms in total. The summed E-state index contributed by atoms with van der Waals surface area (Å²) in [5, 5.41) is 7.08. The molecule has 0 saturated heterocycles. The number of halogens is 1. The first kappa shape index (κ1) is 17.3. The Morgan fingerprint density at radius 3 is 2.61 bits per heavy atom. The normalized spacial score (nSPS) is 11.5. The van der Waals surface area contributed by atoms with Crippen LogP contribution >= 0.6 is 11.6 Å². The summed E-state index contributed by atoms with van der Waals surface area (Å²) in [5.41, 5.74) is 0.427. The number of carbonyl (C=O) groups is 1. The lowest BCUT2D eigenvalue weighted by Gasteiger charge is -2.13. The van der Waals surface area contributed by atoms with Crippen molar-refractivity contribution in [1.29, 1.82) is 0 Å². The molecule has 0 fully saturated rings. The smallest absolute Gasteiger partial charge is 0.256 e. The molecule has 2 N–H and O–H groups in total. The number of benzene rings is 1. The van der Waals surface area contributed by atoms with Crippen molar-refractivity contribution in [3.05, 3.63) is 41.0 Å². The Morgan fingerprint density at radius 1 is 1.30 bits per heavy atom. The van der Waals surface area contributed by atoms with E-state index in [1.165, 1.54) is 18.2 Å². The predicted octanol–water partition coefficient (Wildman–Crippen LogP) is 2.74. The molecule has 0 bridgehead atoms. The molecule has 0 spiro atoms. The maximum absolute atomic E-state index is 12.3. The molecule has 9 heteroatoms. The number of anilines is 2. The van der Waals surface area contributed by atoms with Crippen molar-refractivity contribution in [2.75, 3.05) is 16.3 Å². The Bertz CT molecular complexity index is 830. The molecule has 1 aromatic carbocycles. The molecule has 1 amide bonds. The Morgan fingerprint density at radius 2 is 2.00 bits per heavy atom. The van der Waals surface area contributed by atoms with Crippen molar-refractivity contribution in [1.82, 2.24) is 9.78 Å². The number of sulfonamides is 1. The van der Waals surface area contributed by atoms with E-state index in [4.69, 9.17) is 11.6 Å². The molecular formula is C14H17ClN4O3S. The van der Waals surface area contributed by atoms with Gasteiger partial charge in [-0.2, -0.15) is 5.10 Å². The minimum Gasteiger partial charge on any atom is -0.307 e. The second-order valence-electron chi connectivity index (χ2n) is 5.28. The van der Waals surface area contributed by atoms with E-state index >= 15 is 0 Å². The van der Waals surface area contributed by atoms with Crippen LogP contribution < -0.4 is 10.0 Å². The van der Waals surface area contributed by atoms with Crippen molar-refractivity contribution in [2.24, 2.45) is 0 Å². The molecular weight excluding hydrogens is 340 g/mol. The van der Waals surface area contributed by atoms with Gasteiger partial charge in [0.15, 0.2) is 0 Å². The molecule has 1 heterocycles. The summed E-state index contributed by atoms with van der Waals surface area (Å²) in [4.78, 5) is 12.3. The van der Waals surface area contributed by atoms with E-state index in [-0.39, 0.29) is 28.2 Å².